The molecule has 0 radical (unpaired) electrons. The predicted octanol–water partition coefficient (Wildman–Crippen LogP) is 3.04. The minimum Gasteiger partial charge on any atom is -0.494 e. The van der Waals surface area contributed by atoms with Gasteiger partial charge in [-0.2, -0.15) is 0 Å². The Bertz CT molecular complexity index is 991. The first-order valence-corrected chi connectivity index (χ1v) is 11.3. The van der Waals surface area contributed by atoms with E-state index in [0.29, 0.717) is 19.6 Å². The molecule has 2 N–H and O–H groups in total. The van der Waals surface area contributed by atoms with Gasteiger partial charge in [-0.1, -0.05) is 18.2 Å². The summed E-state index contributed by atoms with van der Waals surface area (Å²) in [5.41, 5.74) is 3.86. The number of allylic oxidation sites excluding steroid dienone is 1. The average Bonchev–Trinajstić information content (AvgIpc) is 3.38. The molecule has 32 heavy (non-hydrogen) atoms. The van der Waals surface area contributed by atoms with Crippen LogP contribution in [0, 0.1) is 0 Å². The largest absolute Gasteiger partial charge is 0.494 e. The van der Waals surface area contributed by atoms with E-state index in [0.717, 1.165) is 67.7 Å². The Labute approximate surface area is 187 Å². The molecule has 1 unspecified atom stereocenters. The second kappa shape index (κ2) is 9.58. The Balaban J connectivity index is 1.21. The summed E-state index contributed by atoms with van der Waals surface area (Å²) in [5, 5.41) is 2.99. The van der Waals surface area contributed by atoms with Gasteiger partial charge in [0, 0.05) is 38.3 Å². The van der Waals surface area contributed by atoms with Gasteiger partial charge in [0.05, 0.1) is 43.6 Å². The highest BCUT2D eigenvalue weighted by Gasteiger charge is 2.34. The van der Waals surface area contributed by atoms with Crippen LogP contribution in [0.2, 0.25) is 0 Å². The molecule has 1 aliphatic carbocycles. The van der Waals surface area contributed by atoms with E-state index in [9.17, 15) is 4.79 Å². The first kappa shape index (κ1) is 20.8. The van der Waals surface area contributed by atoms with E-state index < -0.39 is 0 Å². The number of ether oxygens (including phenoxy) is 2. The molecule has 2 aliphatic heterocycles. The van der Waals surface area contributed by atoms with E-state index in [4.69, 9.17) is 9.47 Å². The number of fused-ring (bicyclic) bond motifs is 1. The van der Waals surface area contributed by atoms with Crippen molar-refractivity contribution in [1.29, 1.82) is 0 Å². The highest BCUT2D eigenvalue weighted by Crippen LogP contribution is 2.33. The fraction of sp³-hybridized carbons (Fsp3) is 0.417. The molecule has 1 atom stereocenters. The maximum Gasteiger partial charge on any atom is 0.322 e. The molecule has 2 aromatic rings. The molecule has 3 heterocycles. The van der Waals surface area contributed by atoms with Crippen molar-refractivity contribution < 1.29 is 14.3 Å². The second-order valence-corrected chi connectivity index (χ2v) is 8.24. The van der Waals surface area contributed by atoms with Crippen LogP contribution in [0.1, 0.15) is 35.8 Å². The van der Waals surface area contributed by atoms with Gasteiger partial charge in [-0.05, 0) is 36.3 Å². The Morgan fingerprint density at radius 3 is 2.88 bits per heavy atom. The topological polar surface area (TPSA) is 82.7 Å². The van der Waals surface area contributed by atoms with Crippen molar-refractivity contribution in [3.63, 3.8) is 0 Å². The number of rotatable bonds is 7. The number of urea groups is 1. The number of hydrogen-bond acceptors (Lipinski definition) is 5. The van der Waals surface area contributed by atoms with Crippen LogP contribution in [0.3, 0.4) is 0 Å². The summed E-state index contributed by atoms with van der Waals surface area (Å²) in [6.45, 7) is 5.98. The number of nitrogens with one attached hydrogen (secondary N) is 2. The quantitative estimate of drug-likeness (QED) is 0.654. The summed E-state index contributed by atoms with van der Waals surface area (Å²) in [7, 11) is 0. The standard InChI is InChI=1S/C24H29N5O3/c30-24-25-16-23(29(24)19-3-1-4-21-22(15-19)27-17-26-21)18-5-7-20(8-6-18)32-12-2-9-28-10-13-31-14-11-28/h1,4-8,15,17,23H,2-3,9-14,16H2,(H,25,30)(H,26,27). The molecule has 8 heteroatoms. The second-order valence-electron chi connectivity index (χ2n) is 8.24. The highest BCUT2D eigenvalue weighted by atomic mass is 16.5. The summed E-state index contributed by atoms with van der Waals surface area (Å²) in [4.78, 5) is 24.4. The maximum atomic E-state index is 12.7. The number of amides is 2. The van der Waals surface area contributed by atoms with Gasteiger partial charge in [0.2, 0.25) is 0 Å². The maximum absolute atomic E-state index is 12.7. The number of nitrogens with zero attached hydrogens (tertiary/aromatic N) is 3. The van der Waals surface area contributed by atoms with Crippen molar-refractivity contribution in [1.82, 2.24) is 25.1 Å². The molecule has 5 rings (SSSR count). The zero-order valence-corrected chi connectivity index (χ0v) is 18.1. The zero-order valence-electron chi connectivity index (χ0n) is 18.1. The lowest BCUT2D eigenvalue weighted by atomic mass is 10.1. The number of carbonyl (C=O) groups excluding carboxylic acids is 1. The van der Waals surface area contributed by atoms with Crippen molar-refractivity contribution in [3.05, 3.63) is 59.3 Å². The van der Waals surface area contributed by atoms with E-state index >= 15 is 0 Å². The molecule has 2 saturated heterocycles. The van der Waals surface area contributed by atoms with Crippen molar-refractivity contribution >= 4 is 18.2 Å². The van der Waals surface area contributed by atoms with Gasteiger partial charge in [-0.15, -0.1) is 0 Å². The van der Waals surface area contributed by atoms with Crippen molar-refractivity contribution in [3.8, 4) is 5.75 Å². The number of benzene rings is 1. The minimum absolute atomic E-state index is 0.0537. The van der Waals surface area contributed by atoms with Crippen LogP contribution in [-0.4, -0.2) is 71.8 Å². The van der Waals surface area contributed by atoms with Crippen LogP contribution in [-0.2, 0) is 4.74 Å². The number of imidazole rings is 1. The highest BCUT2D eigenvalue weighted by molar-refractivity contribution is 5.81. The number of aromatic nitrogens is 2. The molecule has 168 valence electrons. The predicted molar refractivity (Wildman–Crippen MR) is 122 cm³/mol. The van der Waals surface area contributed by atoms with Gasteiger partial charge in [-0.25, -0.2) is 9.78 Å². The molecule has 0 bridgehead atoms. The number of aromatic amines is 1. The molecule has 0 saturated carbocycles. The lowest BCUT2D eigenvalue weighted by Gasteiger charge is -2.26. The Hall–Kier alpha value is -3.10. The SMILES string of the molecule is O=C1NCC(c2ccc(OCCCN3CCOCC3)cc2)N1C1=Cc2[nH]cnc2C=CC1. The summed E-state index contributed by atoms with van der Waals surface area (Å²) in [6, 6.07) is 8.00. The molecule has 2 amide bonds. The first-order chi connectivity index (χ1) is 15.8. The third kappa shape index (κ3) is 4.56. The molecule has 1 aromatic heterocycles. The number of carbonyl (C=O) groups is 1. The van der Waals surface area contributed by atoms with E-state index in [1.165, 1.54) is 0 Å². The number of H-pyrrole nitrogens is 1. The average molecular weight is 436 g/mol. The number of hydrogen-bond donors (Lipinski definition) is 2. The van der Waals surface area contributed by atoms with E-state index in [-0.39, 0.29) is 12.1 Å². The molecular weight excluding hydrogens is 406 g/mol. The van der Waals surface area contributed by atoms with Gasteiger partial charge in [0.1, 0.15) is 5.75 Å². The van der Waals surface area contributed by atoms with E-state index in [1.54, 1.807) is 6.33 Å². The van der Waals surface area contributed by atoms with Gasteiger partial charge in [-0.3, -0.25) is 9.80 Å². The van der Waals surface area contributed by atoms with Crippen LogP contribution in [0.4, 0.5) is 4.79 Å². The molecule has 0 spiro atoms. The fourth-order valence-electron chi connectivity index (χ4n) is 4.44. The third-order valence-corrected chi connectivity index (χ3v) is 6.16. The lowest BCUT2D eigenvalue weighted by Crippen LogP contribution is -2.37. The van der Waals surface area contributed by atoms with Gasteiger partial charge >= 0.3 is 6.03 Å². The van der Waals surface area contributed by atoms with Crippen molar-refractivity contribution in [2.45, 2.75) is 18.9 Å². The normalized spacial score (nSPS) is 21.1. The molecule has 3 aliphatic rings. The molecule has 1 aromatic carbocycles. The number of morpholine rings is 1. The van der Waals surface area contributed by atoms with Crippen LogP contribution < -0.4 is 10.1 Å². The smallest absolute Gasteiger partial charge is 0.322 e. The van der Waals surface area contributed by atoms with Crippen LogP contribution in [0.15, 0.2) is 42.4 Å². The summed E-state index contributed by atoms with van der Waals surface area (Å²) >= 11 is 0. The van der Waals surface area contributed by atoms with Crippen molar-refractivity contribution in [2.24, 2.45) is 0 Å². The Kier molecular flexibility index (Phi) is 6.22. The zero-order chi connectivity index (χ0) is 21.8. The third-order valence-electron chi connectivity index (χ3n) is 6.16. The monoisotopic (exact) mass is 435 g/mol. The first-order valence-electron chi connectivity index (χ1n) is 11.3. The lowest BCUT2D eigenvalue weighted by molar-refractivity contribution is 0.0358. The van der Waals surface area contributed by atoms with Gasteiger partial charge in [0.15, 0.2) is 0 Å². The summed E-state index contributed by atoms with van der Waals surface area (Å²) in [5.74, 6) is 0.860. The summed E-state index contributed by atoms with van der Waals surface area (Å²) in [6.07, 6.45) is 9.41. The molecule has 8 nitrogen and oxygen atoms in total. The molecular formula is C24H29N5O3. The van der Waals surface area contributed by atoms with Crippen LogP contribution >= 0.6 is 0 Å². The Morgan fingerprint density at radius 2 is 2.03 bits per heavy atom. The Morgan fingerprint density at radius 1 is 1.19 bits per heavy atom. The fourth-order valence-corrected chi connectivity index (χ4v) is 4.44. The minimum atomic E-state index is -0.0685. The summed E-state index contributed by atoms with van der Waals surface area (Å²) < 4.78 is 11.3. The molecule has 2 fully saturated rings. The van der Waals surface area contributed by atoms with Crippen LogP contribution in [0.5, 0.6) is 5.75 Å². The van der Waals surface area contributed by atoms with Gasteiger partial charge in [0.25, 0.3) is 0 Å². The van der Waals surface area contributed by atoms with Crippen LogP contribution in [0.25, 0.3) is 12.2 Å². The van der Waals surface area contributed by atoms with Gasteiger partial charge < -0.3 is 19.8 Å². The van der Waals surface area contributed by atoms with Crippen molar-refractivity contribution in [2.75, 3.05) is 46.0 Å². The van der Waals surface area contributed by atoms with E-state index in [2.05, 4.69) is 38.4 Å². The van der Waals surface area contributed by atoms with E-state index in [1.807, 2.05) is 29.2 Å².